The number of carboxylic acid groups (broad SMARTS) is 1. The molecule has 0 unspecified atom stereocenters. The summed E-state index contributed by atoms with van der Waals surface area (Å²) in [6, 6.07) is 6.65. The Bertz CT molecular complexity index is 362. The fourth-order valence-corrected chi connectivity index (χ4v) is 1.15. The summed E-state index contributed by atoms with van der Waals surface area (Å²) in [4.78, 5) is 10.6. The van der Waals surface area contributed by atoms with E-state index in [4.69, 9.17) is 11.5 Å². The number of anilines is 1. The summed E-state index contributed by atoms with van der Waals surface area (Å²) in [5.74, 6) is 1.65. The molecule has 1 rings (SSSR count). The summed E-state index contributed by atoms with van der Waals surface area (Å²) in [5.41, 5.74) is 1.21. The highest BCUT2D eigenvalue weighted by atomic mass is 16.4. The van der Waals surface area contributed by atoms with Crippen LogP contribution in [0.25, 0.3) is 0 Å². The quantitative estimate of drug-likeness (QED) is 0.569. The molecule has 1 aromatic carbocycles. The molecule has 0 bridgehead atoms. The van der Waals surface area contributed by atoms with Gasteiger partial charge in [0.05, 0.1) is 5.56 Å². The number of aromatic carboxylic acids is 1. The topological polar surface area (TPSA) is 49.3 Å². The van der Waals surface area contributed by atoms with E-state index in [0.29, 0.717) is 5.56 Å². The molecule has 0 saturated carbocycles. The van der Waals surface area contributed by atoms with Gasteiger partial charge in [0, 0.05) is 18.7 Å². The van der Waals surface area contributed by atoms with Crippen LogP contribution in [0, 0.1) is 12.3 Å². The van der Waals surface area contributed by atoms with Crippen molar-refractivity contribution >= 4 is 11.7 Å². The average molecular weight is 203 g/mol. The molecule has 15 heavy (non-hydrogen) atoms. The van der Waals surface area contributed by atoms with Crippen LogP contribution in [-0.2, 0) is 0 Å². The van der Waals surface area contributed by atoms with Crippen LogP contribution in [0.15, 0.2) is 24.3 Å². The molecule has 0 aromatic heterocycles. The Labute approximate surface area is 89.1 Å². The van der Waals surface area contributed by atoms with Gasteiger partial charge in [0.15, 0.2) is 0 Å². The largest absolute Gasteiger partial charge is 0.478 e. The predicted molar refractivity (Wildman–Crippen MR) is 60.0 cm³/mol. The minimum atomic E-state index is -0.908. The van der Waals surface area contributed by atoms with Crippen LogP contribution < -0.4 is 5.32 Å². The second-order valence-corrected chi connectivity index (χ2v) is 3.12. The van der Waals surface area contributed by atoms with Gasteiger partial charge in [-0.2, -0.15) is 0 Å². The minimum absolute atomic E-state index is 0.296. The molecule has 3 nitrogen and oxygen atoms in total. The minimum Gasteiger partial charge on any atom is -0.478 e. The highest BCUT2D eigenvalue weighted by Gasteiger charge is 2.00. The zero-order valence-corrected chi connectivity index (χ0v) is 8.36. The first-order chi connectivity index (χ1) is 7.24. The molecule has 0 radical (unpaired) electrons. The number of hydrogen-bond donors (Lipinski definition) is 2. The van der Waals surface area contributed by atoms with Crippen molar-refractivity contribution in [3.8, 4) is 12.3 Å². The molecule has 3 heteroatoms. The van der Waals surface area contributed by atoms with E-state index < -0.39 is 5.97 Å². The maximum absolute atomic E-state index is 10.6. The number of carbonyl (C=O) groups is 1. The number of hydrogen-bond acceptors (Lipinski definition) is 2. The standard InChI is InChI=1S/C12H13NO2/c1-2-3-4-9-13-11-7-5-10(6-8-11)12(14)15/h1,5-8,13H,3-4,9H2,(H,14,15). The predicted octanol–water partition coefficient (Wildman–Crippen LogP) is 2.21. The summed E-state index contributed by atoms with van der Waals surface area (Å²) in [5, 5.41) is 11.8. The van der Waals surface area contributed by atoms with Crippen molar-refractivity contribution in [2.75, 3.05) is 11.9 Å². The van der Waals surface area contributed by atoms with Crippen molar-refractivity contribution in [1.82, 2.24) is 0 Å². The van der Waals surface area contributed by atoms with Crippen LogP contribution in [0.3, 0.4) is 0 Å². The monoisotopic (exact) mass is 203 g/mol. The van der Waals surface area contributed by atoms with Gasteiger partial charge < -0.3 is 10.4 Å². The Balaban J connectivity index is 2.43. The maximum Gasteiger partial charge on any atom is 0.335 e. The number of unbranched alkanes of at least 4 members (excludes halogenated alkanes) is 1. The Morgan fingerprint density at radius 3 is 2.60 bits per heavy atom. The molecule has 2 N–H and O–H groups in total. The van der Waals surface area contributed by atoms with Crippen LogP contribution in [0.2, 0.25) is 0 Å². The van der Waals surface area contributed by atoms with Crippen molar-refractivity contribution in [1.29, 1.82) is 0 Å². The molecule has 78 valence electrons. The number of carboxylic acids is 1. The molecule has 0 aliphatic rings. The van der Waals surface area contributed by atoms with Gasteiger partial charge in [0.2, 0.25) is 0 Å². The third kappa shape index (κ3) is 3.74. The Morgan fingerprint density at radius 2 is 2.07 bits per heavy atom. The summed E-state index contributed by atoms with van der Waals surface area (Å²) in [7, 11) is 0. The Kier molecular flexibility index (Phi) is 4.24. The van der Waals surface area contributed by atoms with E-state index in [1.54, 1.807) is 24.3 Å². The van der Waals surface area contributed by atoms with Gasteiger partial charge >= 0.3 is 5.97 Å². The lowest BCUT2D eigenvalue weighted by molar-refractivity contribution is 0.0697. The van der Waals surface area contributed by atoms with Gasteiger partial charge in [-0.15, -0.1) is 12.3 Å². The third-order valence-electron chi connectivity index (χ3n) is 1.96. The van der Waals surface area contributed by atoms with Gasteiger partial charge in [-0.25, -0.2) is 4.79 Å². The molecular weight excluding hydrogens is 190 g/mol. The smallest absolute Gasteiger partial charge is 0.335 e. The number of nitrogens with one attached hydrogen (secondary N) is 1. The summed E-state index contributed by atoms with van der Waals surface area (Å²) < 4.78 is 0. The van der Waals surface area contributed by atoms with E-state index in [1.807, 2.05) is 0 Å². The molecule has 0 aliphatic heterocycles. The van der Waals surface area contributed by atoms with Crippen molar-refractivity contribution in [3.05, 3.63) is 29.8 Å². The van der Waals surface area contributed by atoms with Crippen molar-refractivity contribution in [2.24, 2.45) is 0 Å². The van der Waals surface area contributed by atoms with Gasteiger partial charge in [-0.1, -0.05) is 0 Å². The fourth-order valence-electron chi connectivity index (χ4n) is 1.15. The van der Waals surface area contributed by atoms with E-state index in [0.717, 1.165) is 25.1 Å². The molecule has 0 aliphatic carbocycles. The first-order valence-electron chi connectivity index (χ1n) is 4.74. The second kappa shape index (κ2) is 5.71. The van der Waals surface area contributed by atoms with Crippen LogP contribution >= 0.6 is 0 Å². The Hall–Kier alpha value is -1.95. The Morgan fingerprint density at radius 1 is 1.40 bits per heavy atom. The molecule has 0 amide bonds. The van der Waals surface area contributed by atoms with Gasteiger partial charge in [-0.05, 0) is 30.7 Å². The SMILES string of the molecule is C#CCCCNc1ccc(C(=O)O)cc1. The average Bonchev–Trinajstić information content (AvgIpc) is 2.25. The highest BCUT2D eigenvalue weighted by molar-refractivity contribution is 5.87. The maximum atomic E-state index is 10.6. The van der Waals surface area contributed by atoms with Gasteiger partial charge in [0.1, 0.15) is 0 Å². The fraction of sp³-hybridized carbons (Fsp3) is 0.250. The van der Waals surface area contributed by atoms with Crippen molar-refractivity contribution < 1.29 is 9.90 Å². The normalized spacial score (nSPS) is 9.27. The lowest BCUT2D eigenvalue weighted by atomic mass is 10.2. The van der Waals surface area contributed by atoms with E-state index in [1.165, 1.54) is 0 Å². The van der Waals surface area contributed by atoms with E-state index in [-0.39, 0.29) is 0 Å². The number of benzene rings is 1. The van der Waals surface area contributed by atoms with E-state index >= 15 is 0 Å². The van der Waals surface area contributed by atoms with Crippen molar-refractivity contribution in [3.63, 3.8) is 0 Å². The van der Waals surface area contributed by atoms with Crippen LogP contribution in [-0.4, -0.2) is 17.6 Å². The number of rotatable bonds is 5. The first-order valence-corrected chi connectivity index (χ1v) is 4.74. The lowest BCUT2D eigenvalue weighted by Gasteiger charge is -2.04. The molecule has 0 atom stereocenters. The second-order valence-electron chi connectivity index (χ2n) is 3.12. The molecule has 0 heterocycles. The molecule has 1 aromatic rings. The third-order valence-corrected chi connectivity index (χ3v) is 1.96. The molecule has 0 spiro atoms. The van der Waals surface area contributed by atoms with Crippen LogP contribution in [0.1, 0.15) is 23.2 Å². The zero-order chi connectivity index (χ0) is 11.1. The van der Waals surface area contributed by atoms with E-state index in [2.05, 4.69) is 11.2 Å². The van der Waals surface area contributed by atoms with E-state index in [9.17, 15) is 4.79 Å². The lowest BCUT2D eigenvalue weighted by Crippen LogP contribution is -2.02. The first kappa shape index (κ1) is 11.1. The van der Waals surface area contributed by atoms with Crippen LogP contribution in [0.4, 0.5) is 5.69 Å². The molecule has 0 saturated heterocycles. The highest BCUT2D eigenvalue weighted by Crippen LogP contribution is 2.09. The van der Waals surface area contributed by atoms with Crippen LogP contribution in [0.5, 0.6) is 0 Å². The summed E-state index contributed by atoms with van der Waals surface area (Å²) in [6.07, 6.45) is 6.78. The van der Waals surface area contributed by atoms with Gasteiger partial charge in [-0.3, -0.25) is 0 Å². The van der Waals surface area contributed by atoms with Gasteiger partial charge in [0.25, 0.3) is 0 Å². The summed E-state index contributed by atoms with van der Waals surface area (Å²) >= 11 is 0. The zero-order valence-electron chi connectivity index (χ0n) is 8.36. The molecular formula is C12H13NO2. The van der Waals surface area contributed by atoms with Crippen molar-refractivity contribution in [2.45, 2.75) is 12.8 Å². The molecule has 0 fully saturated rings. The number of terminal acetylenes is 1. The summed E-state index contributed by atoms with van der Waals surface area (Å²) in [6.45, 7) is 0.802.